The van der Waals surface area contributed by atoms with Crippen LogP contribution in [0.2, 0.25) is 0 Å². The van der Waals surface area contributed by atoms with Gasteiger partial charge in [-0.15, -0.1) is 11.3 Å². The second-order valence-electron chi connectivity index (χ2n) is 4.76. The molecule has 0 bridgehead atoms. The average Bonchev–Trinajstić information content (AvgIpc) is 2.92. The minimum absolute atomic E-state index is 0.138. The first-order chi connectivity index (χ1) is 9.78. The highest BCUT2D eigenvalue weighted by molar-refractivity contribution is 7.17. The Hall–Kier alpha value is -2.00. The maximum atomic E-state index is 12.4. The number of nitrogens with zero attached hydrogens (tertiary/aromatic N) is 1. The number of carbonyl (C=O) groups excluding carboxylic acids is 1. The lowest BCUT2D eigenvalue weighted by molar-refractivity contribution is 0.0994. The number of ketones is 1. The minimum Gasteiger partial charge on any atom is -0.294 e. The lowest BCUT2D eigenvalue weighted by Crippen LogP contribution is -2.04. The van der Waals surface area contributed by atoms with Gasteiger partial charge in [0.1, 0.15) is 0 Å². The highest BCUT2D eigenvalue weighted by Gasteiger charge is 2.13. The van der Waals surface area contributed by atoms with Crippen LogP contribution in [-0.2, 0) is 12.8 Å². The molecule has 3 rings (SSSR count). The van der Waals surface area contributed by atoms with E-state index in [0.717, 1.165) is 27.8 Å². The Kier molecular flexibility index (Phi) is 3.61. The van der Waals surface area contributed by atoms with Crippen molar-refractivity contribution in [3.8, 4) is 0 Å². The lowest BCUT2D eigenvalue weighted by atomic mass is 10.0. The first-order valence-corrected chi connectivity index (χ1v) is 7.59. The number of benzene rings is 1. The molecule has 0 aliphatic rings. The van der Waals surface area contributed by atoms with E-state index in [4.69, 9.17) is 0 Å². The van der Waals surface area contributed by atoms with Gasteiger partial charge in [-0.1, -0.05) is 31.2 Å². The number of Topliss-reactive ketones (excluding diaryl/α,β-unsaturated/α-hetero) is 1. The summed E-state index contributed by atoms with van der Waals surface area (Å²) in [5.41, 5.74) is 2.84. The van der Waals surface area contributed by atoms with E-state index < -0.39 is 0 Å². The number of thiophene rings is 1. The molecule has 0 spiro atoms. The standard InChI is InChI=1S/C17H15NOS/c1-2-12-7-8-13(18-10-12)9-16(19)15-11-20-17-6-4-3-5-14(15)17/h3-8,10-11H,2,9H2,1H3. The van der Waals surface area contributed by atoms with Crippen molar-refractivity contribution in [3.05, 3.63) is 64.8 Å². The fourth-order valence-electron chi connectivity index (χ4n) is 2.22. The maximum absolute atomic E-state index is 12.4. The van der Waals surface area contributed by atoms with Gasteiger partial charge < -0.3 is 0 Å². The van der Waals surface area contributed by atoms with Crippen molar-refractivity contribution in [2.45, 2.75) is 19.8 Å². The molecule has 0 saturated heterocycles. The van der Waals surface area contributed by atoms with Gasteiger partial charge in [0, 0.05) is 32.9 Å². The highest BCUT2D eigenvalue weighted by atomic mass is 32.1. The summed E-state index contributed by atoms with van der Waals surface area (Å²) in [6, 6.07) is 12.0. The number of hydrogen-bond donors (Lipinski definition) is 0. The van der Waals surface area contributed by atoms with Crippen LogP contribution >= 0.6 is 11.3 Å². The molecule has 1 aromatic carbocycles. The van der Waals surface area contributed by atoms with Crippen molar-refractivity contribution in [1.82, 2.24) is 4.98 Å². The van der Waals surface area contributed by atoms with Gasteiger partial charge in [0.05, 0.1) is 6.42 Å². The molecule has 20 heavy (non-hydrogen) atoms. The molecule has 2 aromatic heterocycles. The Labute approximate surface area is 122 Å². The van der Waals surface area contributed by atoms with Crippen LogP contribution in [0.25, 0.3) is 10.1 Å². The fraction of sp³-hybridized carbons (Fsp3) is 0.176. The van der Waals surface area contributed by atoms with Gasteiger partial charge in [-0.2, -0.15) is 0 Å². The summed E-state index contributed by atoms with van der Waals surface area (Å²) in [5, 5.41) is 3.00. The molecule has 100 valence electrons. The summed E-state index contributed by atoms with van der Waals surface area (Å²) in [6.07, 6.45) is 3.19. The molecule has 0 aliphatic carbocycles. The number of aryl methyl sites for hydroxylation is 1. The van der Waals surface area contributed by atoms with Gasteiger partial charge in [-0.05, 0) is 24.1 Å². The van der Waals surface area contributed by atoms with Gasteiger partial charge in [0.15, 0.2) is 5.78 Å². The van der Waals surface area contributed by atoms with Crippen molar-refractivity contribution in [2.24, 2.45) is 0 Å². The topological polar surface area (TPSA) is 30.0 Å². The quantitative estimate of drug-likeness (QED) is 0.668. The van der Waals surface area contributed by atoms with E-state index in [0.29, 0.717) is 6.42 Å². The number of pyridine rings is 1. The summed E-state index contributed by atoms with van der Waals surface area (Å²) in [4.78, 5) is 16.8. The summed E-state index contributed by atoms with van der Waals surface area (Å²) in [6.45, 7) is 2.10. The summed E-state index contributed by atoms with van der Waals surface area (Å²) in [5.74, 6) is 0.138. The molecule has 0 N–H and O–H groups in total. The van der Waals surface area contributed by atoms with Gasteiger partial charge in [0.25, 0.3) is 0 Å². The largest absolute Gasteiger partial charge is 0.294 e. The van der Waals surface area contributed by atoms with Gasteiger partial charge in [-0.3, -0.25) is 9.78 Å². The molecule has 2 nitrogen and oxygen atoms in total. The third-order valence-corrected chi connectivity index (χ3v) is 4.38. The second-order valence-corrected chi connectivity index (χ2v) is 5.67. The van der Waals surface area contributed by atoms with Crippen LogP contribution in [0.1, 0.15) is 28.5 Å². The van der Waals surface area contributed by atoms with Crippen molar-refractivity contribution >= 4 is 27.2 Å². The number of fused-ring (bicyclic) bond motifs is 1. The summed E-state index contributed by atoms with van der Waals surface area (Å²) < 4.78 is 1.16. The van der Waals surface area contributed by atoms with E-state index >= 15 is 0 Å². The molecule has 3 heteroatoms. The molecule has 0 unspecified atom stereocenters. The first kappa shape index (κ1) is 13.0. The van der Waals surface area contributed by atoms with Crippen LogP contribution in [0.5, 0.6) is 0 Å². The van der Waals surface area contributed by atoms with Crippen LogP contribution < -0.4 is 0 Å². The summed E-state index contributed by atoms with van der Waals surface area (Å²) in [7, 11) is 0. The van der Waals surface area contributed by atoms with Crippen LogP contribution in [0.4, 0.5) is 0 Å². The zero-order valence-electron chi connectivity index (χ0n) is 11.3. The number of hydrogen-bond acceptors (Lipinski definition) is 3. The van der Waals surface area contributed by atoms with Crippen LogP contribution in [-0.4, -0.2) is 10.8 Å². The van der Waals surface area contributed by atoms with Crippen LogP contribution in [0.15, 0.2) is 48.0 Å². The van der Waals surface area contributed by atoms with E-state index in [1.165, 1.54) is 5.56 Å². The fourth-order valence-corrected chi connectivity index (χ4v) is 3.19. The predicted molar refractivity (Wildman–Crippen MR) is 83.5 cm³/mol. The molecule has 0 aliphatic heterocycles. The smallest absolute Gasteiger partial charge is 0.170 e. The lowest BCUT2D eigenvalue weighted by Gasteiger charge is -2.01. The Morgan fingerprint density at radius 1 is 1.20 bits per heavy atom. The average molecular weight is 281 g/mol. The zero-order valence-corrected chi connectivity index (χ0v) is 12.1. The SMILES string of the molecule is CCc1ccc(CC(=O)c2csc3ccccc23)nc1. The minimum atomic E-state index is 0.138. The molecule has 2 heterocycles. The Morgan fingerprint density at radius 3 is 2.80 bits per heavy atom. The third-order valence-electron chi connectivity index (χ3n) is 3.42. The van der Waals surface area contributed by atoms with E-state index in [1.54, 1.807) is 11.3 Å². The molecule has 0 atom stereocenters. The molecule has 0 radical (unpaired) electrons. The molecule has 3 aromatic rings. The molecular formula is C17H15NOS. The van der Waals surface area contributed by atoms with Gasteiger partial charge in [0.2, 0.25) is 0 Å². The summed E-state index contributed by atoms with van der Waals surface area (Å²) >= 11 is 1.62. The Bertz CT molecular complexity index is 743. The van der Waals surface area contributed by atoms with Crippen LogP contribution in [0.3, 0.4) is 0 Å². The maximum Gasteiger partial charge on any atom is 0.170 e. The second kappa shape index (κ2) is 5.55. The Balaban J connectivity index is 1.85. The van der Waals surface area contributed by atoms with E-state index in [9.17, 15) is 4.79 Å². The zero-order chi connectivity index (χ0) is 13.9. The molecular weight excluding hydrogens is 266 g/mol. The normalized spacial score (nSPS) is 10.8. The van der Waals surface area contributed by atoms with Crippen molar-refractivity contribution in [1.29, 1.82) is 0 Å². The van der Waals surface area contributed by atoms with Gasteiger partial charge in [-0.25, -0.2) is 0 Å². The number of aromatic nitrogens is 1. The first-order valence-electron chi connectivity index (χ1n) is 6.71. The van der Waals surface area contributed by atoms with E-state index in [1.807, 2.05) is 48.0 Å². The number of rotatable bonds is 4. The van der Waals surface area contributed by atoms with Crippen LogP contribution in [0, 0.1) is 0 Å². The van der Waals surface area contributed by atoms with Crippen molar-refractivity contribution < 1.29 is 4.79 Å². The van der Waals surface area contributed by atoms with Crippen molar-refractivity contribution in [2.75, 3.05) is 0 Å². The van der Waals surface area contributed by atoms with Gasteiger partial charge >= 0.3 is 0 Å². The van der Waals surface area contributed by atoms with Crippen molar-refractivity contribution in [3.63, 3.8) is 0 Å². The van der Waals surface area contributed by atoms with E-state index in [-0.39, 0.29) is 5.78 Å². The molecule has 0 amide bonds. The highest BCUT2D eigenvalue weighted by Crippen LogP contribution is 2.26. The Morgan fingerprint density at radius 2 is 2.05 bits per heavy atom. The third kappa shape index (κ3) is 2.49. The predicted octanol–water partition coefficient (Wildman–Crippen LogP) is 4.28. The van der Waals surface area contributed by atoms with E-state index in [2.05, 4.69) is 11.9 Å². The monoisotopic (exact) mass is 281 g/mol. The number of carbonyl (C=O) groups is 1. The molecule has 0 saturated carbocycles. The molecule has 0 fully saturated rings.